The first-order valence-corrected chi connectivity index (χ1v) is 45.6. The molecule has 0 aromatic heterocycles. The van der Waals surface area contributed by atoms with Crippen molar-refractivity contribution in [3.8, 4) is 5.75 Å². The van der Waals surface area contributed by atoms with Crippen molar-refractivity contribution in [2.75, 3.05) is 36.0 Å². The Hall–Kier alpha value is -7.66. The molecular formula is C110H152Cl2F4N2O3. The highest BCUT2D eigenvalue weighted by atomic mass is 35.5. The first-order chi connectivity index (χ1) is 56.5. The predicted molar refractivity (Wildman–Crippen MR) is 517 cm³/mol. The normalized spacial score (nSPS) is 14.7. The molecule has 0 saturated carbocycles. The number of fused-ring (bicyclic) bond motifs is 2. The molecule has 5 nitrogen and oxygen atoms in total. The van der Waals surface area contributed by atoms with E-state index < -0.39 is 17.1 Å². The van der Waals surface area contributed by atoms with Crippen LogP contribution in [0.5, 0.6) is 5.75 Å². The predicted octanol–water partition coefficient (Wildman–Crippen LogP) is 33.1. The highest BCUT2D eigenvalue weighted by Crippen LogP contribution is 2.40. The zero-order valence-electron chi connectivity index (χ0n) is 79.4. The molecule has 13 rings (SSSR count). The Morgan fingerprint density at radius 1 is 0.421 bits per heavy atom. The van der Waals surface area contributed by atoms with Crippen LogP contribution in [0.2, 0.25) is 10.0 Å². The van der Waals surface area contributed by atoms with Crippen molar-refractivity contribution < 1.29 is 32.5 Å². The van der Waals surface area contributed by atoms with Gasteiger partial charge in [-0.1, -0.05) is 295 Å². The largest absolute Gasteiger partial charge is 0.491 e. The summed E-state index contributed by atoms with van der Waals surface area (Å²) in [5.74, 6) is 2.96. The molecule has 662 valence electrons. The second-order valence-corrected chi connectivity index (χ2v) is 38.5. The van der Waals surface area contributed by atoms with Gasteiger partial charge in [0.1, 0.15) is 17.4 Å². The Morgan fingerprint density at radius 3 is 1.37 bits per heavy atom. The number of hydrogen-bond acceptors (Lipinski definition) is 5. The number of aryl methyl sites for hydroxylation is 3. The van der Waals surface area contributed by atoms with Gasteiger partial charge in [0.2, 0.25) is 0 Å². The fraction of sp³-hybridized carbons (Fsp3) is 0.491. The molecule has 2 aliphatic carbocycles. The van der Waals surface area contributed by atoms with Crippen LogP contribution in [0.15, 0.2) is 182 Å². The zero-order valence-corrected chi connectivity index (χ0v) is 80.9. The van der Waals surface area contributed by atoms with Gasteiger partial charge in [0.15, 0.2) is 0 Å². The molecule has 0 amide bonds. The van der Waals surface area contributed by atoms with E-state index in [1.54, 1.807) is 32.0 Å². The van der Waals surface area contributed by atoms with Gasteiger partial charge in [0.05, 0.1) is 23.0 Å². The second kappa shape index (κ2) is 48.6. The SMILES string of the molecule is CC(C)c1cc(C(C)(C)O)ccc1Cl.CC(C)c1cc(N2CCCC2)ccc1F.CC(C)c1ccc2c(c1)C(C)(O)CC2.CC(C)c1cccc(C(C)(F)F)c1.CC(C)c1cccc(C(C)C)c1.CC(C)c1cccc(N2CCCC2)c1F.CC1=CCc2ccc(C(C)C)cc21.Cc1ccc(C(C)C)cc1Cl.Cc1ccc(C(C)C)cc1OC(C)C. The number of rotatable bonds is 16. The maximum absolute atomic E-state index is 14.1. The molecular weight excluding hydrogens is 1540 g/mol. The highest BCUT2D eigenvalue weighted by Gasteiger charge is 2.32. The first kappa shape index (κ1) is 104. The average molecular weight is 1700 g/mol. The first-order valence-electron chi connectivity index (χ1n) is 44.9. The Labute approximate surface area is 741 Å². The van der Waals surface area contributed by atoms with E-state index in [0.717, 1.165) is 113 Å². The van der Waals surface area contributed by atoms with Crippen LogP contribution < -0.4 is 14.5 Å². The van der Waals surface area contributed by atoms with Crippen molar-refractivity contribution in [3.05, 3.63) is 304 Å². The Morgan fingerprint density at radius 2 is 0.876 bits per heavy atom. The third-order valence-corrected chi connectivity index (χ3v) is 23.7. The molecule has 0 radical (unpaired) electrons. The molecule has 2 N–H and O–H groups in total. The van der Waals surface area contributed by atoms with Gasteiger partial charge in [-0.15, -0.1) is 0 Å². The van der Waals surface area contributed by atoms with Crippen molar-refractivity contribution in [2.45, 2.75) is 328 Å². The van der Waals surface area contributed by atoms with Gasteiger partial charge in [0, 0.05) is 54.4 Å². The van der Waals surface area contributed by atoms with Crippen LogP contribution in [-0.4, -0.2) is 42.5 Å². The third-order valence-electron chi connectivity index (χ3n) is 23.0. The second-order valence-electron chi connectivity index (χ2n) is 37.7. The average Bonchev–Trinajstić information content (AvgIpc) is 1.69. The molecule has 11 heteroatoms. The number of ether oxygens (including phenoxy) is 1. The van der Waals surface area contributed by atoms with E-state index in [1.807, 2.05) is 116 Å². The van der Waals surface area contributed by atoms with E-state index in [0.29, 0.717) is 47.3 Å². The summed E-state index contributed by atoms with van der Waals surface area (Å²) in [6, 6.07) is 58.5. The maximum Gasteiger partial charge on any atom is 0.270 e. The maximum atomic E-state index is 14.1. The van der Waals surface area contributed by atoms with E-state index in [4.69, 9.17) is 27.9 Å². The molecule has 9 aromatic rings. The van der Waals surface area contributed by atoms with Gasteiger partial charge in [-0.05, 0) is 308 Å². The lowest BCUT2D eigenvalue weighted by Crippen LogP contribution is -2.19. The van der Waals surface area contributed by atoms with Gasteiger partial charge in [0.25, 0.3) is 5.92 Å². The van der Waals surface area contributed by atoms with Crippen LogP contribution >= 0.6 is 23.2 Å². The minimum Gasteiger partial charge on any atom is -0.491 e. The Balaban J connectivity index is 0.000000242. The number of nitrogens with zero attached hydrogens (tertiary/aromatic N) is 2. The lowest BCUT2D eigenvalue weighted by atomic mass is 9.93. The number of aliphatic hydroxyl groups is 2. The van der Waals surface area contributed by atoms with Gasteiger partial charge in [-0.3, -0.25) is 0 Å². The van der Waals surface area contributed by atoms with Crippen LogP contribution in [0.3, 0.4) is 0 Å². The molecule has 2 fully saturated rings. The van der Waals surface area contributed by atoms with Gasteiger partial charge < -0.3 is 24.7 Å². The summed E-state index contributed by atoms with van der Waals surface area (Å²) in [5, 5.41) is 21.6. The van der Waals surface area contributed by atoms with Crippen molar-refractivity contribution in [1.29, 1.82) is 0 Å². The summed E-state index contributed by atoms with van der Waals surface area (Å²) in [5.41, 5.74) is 22.8. The van der Waals surface area contributed by atoms with Crippen molar-refractivity contribution in [3.63, 3.8) is 0 Å². The van der Waals surface area contributed by atoms with Crippen molar-refractivity contribution >= 4 is 40.1 Å². The molecule has 0 bridgehead atoms. The van der Waals surface area contributed by atoms with Crippen LogP contribution in [0.4, 0.5) is 28.9 Å². The van der Waals surface area contributed by atoms with Gasteiger partial charge >= 0.3 is 0 Å². The van der Waals surface area contributed by atoms with Crippen molar-refractivity contribution in [2.24, 2.45) is 0 Å². The van der Waals surface area contributed by atoms with E-state index in [9.17, 15) is 27.8 Å². The lowest BCUT2D eigenvalue weighted by molar-refractivity contribution is 0.0173. The molecule has 121 heavy (non-hydrogen) atoms. The Bertz CT molecular complexity index is 4640. The lowest BCUT2D eigenvalue weighted by Gasteiger charge is -2.20. The number of allylic oxidation sites excluding steroid dienone is 2. The standard InChI is InChI=1S/2C13H18FN.C13H18O.C13H20O.C13H16.C12H17ClO.C12H18.C11H14F2.C10H13Cl/c1-10(2)11-6-5-7-12(13(11)14)15-8-3-4-9-15;1-10(2)12-9-11(5-6-13(12)14)15-7-3-4-8-15;1-9(2)11-5-4-10-6-7-13(3,14)12(10)8-11;1-9(2)12-7-6-11(5)13(8-12)14-10(3)4;1-9(2)12-7-6-11-5-4-10(3)13(11)8-12;1-8(2)10-7-9(12(3,4)14)5-6-11(10)13;1-9(2)11-6-5-7-12(8-11)10(3)4;1-8(2)9-5-4-6-10(7-9)11(3,12)13;1-7(2)9-5-4-8(3)10(11)6-9/h5-7,10H,3-4,8-9H2,1-2H3;5-6,9-10H,3-4,7-8H2,1-2H3;4-5,8-9,14H,6-7H2,1-3H3;6-10H,1-5H3;4,6-9H,5H2,1-3H3;5-8,14H,1-4H3;5-10H,1-4H3;4-8H,1-3H3;4-7H,1-3H3. The van der Waals surface area contributed by atoms with Gasteiger partial charge in [-0.2, -0.15) is 0 Å². The summed E-state index contributed by atoms with van der Waals surface area (Å²) in [6.45, 7) is 63.9. The van der Waals surface area contributed by atoms with Crippen LogP contribution in [0.1, 0.15) is 378 Å². The molecule has 4 aliphatic rings. The minimum absolute atomic E-state index is 0.0191. The molecule has 2 aliphatic heterocycles. The summed E-state index contributed by atoms with van der Waals surface area (Å²) < 4.78 is 59.2. The number of alkyl halides is 2. The number of hydrogen-bond donors (Lipinski definition) is 2. The monoisotopic (exact) mass is 1700 g/mol. The van der Waals surface area contributed by atoms with Gasteiger partial charge in [-0.25, -0.2) is 17.6 Å². The van der Waals surface area contributed by atoms with E-state index in [2.05, 4.69) is 231 Å². The fourth-order valence-electron chi connectivity index (χ4n) is 14.5. The summed E-state index contributed by atoms with van der Waals surface area (Å²) in [4.78, 5) is 4.49. The number of halogens is 6. The molecule has 0 spiro atoms. The highest BCUT2D eigenvalue weighted by molar-refractivity contribution is 6.31. The van der Waals surface area contributed by atoms with Crippen LogP contribution in [0.25, 0.3) is 5.57 Å². The van der Waals surface area contributed by atoms with E-state index in [-0.39, 0.29) is 35.1 Å². The summed E-state index contributed by atoms with van der Waals surface area (Å²) in [7, 11) is 0. The van der Waals surface area contributed by atoms with Crippen LogP contribution in [-0.2, 0) is 30.0 Å². The van der Waals surface area contributed by atoms with Crippen molar-refractivity contribution in [1.82, 2.24) is 0 Å². The minimum atomic E-state index is -2.73. The summed E-state index contributed by atoms with van der Waals surface area (Å²) in [6.07, 6.45) is 10.5. The zero-order chi connectivity index (χ0) is 90.7. The Kier molecular flexibility index (Phi) is 41.7. The quantitative estimate of drug-likeness (QED) is 0.0945. The molecule has 2 saturated heterocycles. The molecule has 2 heterocycles. The van der Waals surface area contributed by atoms with E-state index >= 15 is 0 Å². The topological polar surface area (TPSA) is 56.2 Å². The van der Waals surface area contributed by atoms with Crippen LogP contribution in [0, 0.1) is 25.5 Å². The third kappa shape index (κ3) is 33.1. The molecule has 1 unspecified atom stereocenters. The molecule has 9 aromatic carbocycles. The smallest absolute Gasteiger partial charge is 0.270 e. The van der Waals surface area contributed by atoms with E-state index in [1.165, 1.54) is 98.6 Å². The summed E-state index contributed by atoms with van der Waals surface area (Å²) >= 11 is 12.0. The fourth-order valence-corrected chi connectivity index (χ4v) is 15.1. The molecule has 1 atom stereocenters. The number of anilines is 2. The number of benzene rings is 9.